The van der Waals surface area contributed by atoms with Crippen LogP contribution >= 0.6 is 0 Å². The van der Waals surface area contributed by atoms with Crippen molar-refractivity contribution in [1.82, 2.24) is 25.8 Å². The van der Waals surface area contributed by atoms with Crippen molar-refractivity contribution in [1.29, 1.82) is 0 Å². The third-order valence-corrected chi connectivity index (χ3v) is 8.13. The average molecular weight is 577 g/mol. The van der Waals surface area contributed by atoms with Gasteiger partial charge in [-0.2, -0.15) is 0 Å². The van der Waals surface area contributed by atoms with Gasteiger partial charge in [-0.3, -0.25) is 9.79 Å². The number of carbonyl (C=O) groups is 2. The maximum Gasteiger partial charge on any atom is 0.315 e. The van der Waals surface area contributed by atoms with Gasteiger partial charge in [-0.1, -0.05) is 86.8 Å². The summed E-state index contributed by atoms with van der Waals surface area (Å²) in [6, 6.07) is 19.9. The number of rotatable bonds is 17. The number of nitrogens with zero attached hydrogens (tertiary/aromatic N) is 3. The van der Waals surface area contributed by atoms with Crippen LogP contribution in [0, 0.1) is 0 Å². The zero-order chi connectivity index (χ0) is 29.6. The molecule has 4 rings (SSSR count). The van der Waals surface area contributed by atoms with E-state index >= 15 is 0 Å². The lowest BCUT2D eigenvalue weighted by molar-refractivity contribution is -0.122. The van der Waals surface area contributed by atoms with Crippen LogP contribution in [-0.4, -0.2) is 90.3 Å². The lowest BCUT2D eigenvalue weighted by atomic mass is 10.0. The Morgan fingerprint density at radius 3 is 2.36 bits per heavy atom. The molecule has 1 saturated heterocycles. The Bertz CT molecular complexity index is 1130. The summed E-state index contributed by atoms with van der Waals surface area (Å²) in [6.45, 7) is 5.57. The maximum atomic E-state index is 13.2. The van der Waals surface area contributed by atoms with Crippen molar-refractivity contribution in [3.8, 4) is 0 Å². The number of benzene rings is 2. The van der Waals surface area contributed by atoms with Crippen LogP contribution in [0.3, 0.4) is 0 Å². The number of nitrogens with one attached hydrogen (secondary N) is 3. The minimum atomic E-state index is -0.654. The van der Waals surface area contributed by atoms with Crippen LogP contribution in [0.2, 0.25) is 0 Å². The highest BCUT2D eigenvalue weighted by Crippen LogP contribution is 2.27. The van der Waals surface area contributed by atoms with Crippen molar-refractivity contribution in [2.75, 3.05) is 39.3 Å². The monoisotopic (exact) mass is 576 g/mol. The van der Waals surface area contributed by atoms with Gasteiger partial charge in [0.05, 0.1) is 19.2 Å². The molecule has 0 radical (unpaired) electrons. The van der Waals surface area contributed by atoms with Crippen LogP contribution in [0.15, 0.2) is 65.7 Å². The number of aliphatic hydroxyl groups is 1. The Hall–Kier alpha value is -3.59. The first-order valence-corrected chi connectivity index (χ1v) is 15.7. The van der Waals surface area contributed by atoms with Crippen LogP contribution in [0.4, 0.5) is 4.79 Å². The van der Waals surface area contributed by atoms with Crippen LogP contribution in [0.25, 0.3) is 0 Å². The molecule has 3 amide bonds. The van der Waals surface area contributed by atoms with Crippen LogP contribution in [0.5, 0.6) is 0 Å². The number of aliphatic hydroxyl groups excluding tert-OH is 1. The maximum absolute atomic E-state index is 13.2. The molecule has 2 heterocycles. The summed E-state index contributed by atoms with van der Waals surface area (Å²) >= 11 is 0. The van der Waals surface area contributed by atoms with E-state index in [1.54, 1.807) is 0 Å². The van der Waals surface area contributed by atoms with Crippen molar-refractivity contribution in [2.24, 2.45) is 4.99 Å². The second-order valence-corrected chi connectivity index (χ2v) is 11.3. The van der Waals surface area contributed by atoms with Gasteiger partial charge in [0.25, 0.3) is 0 Å². The predicted octanol–water partition coefficient (Wildman–Crippen LogP) is 3.33. The van der Waals surface area contributed by atoms with Crippen LogP contribution in [-0.2, 0) is 17.6 Å². The molecule has 2 aliphatic rings. The Morgan fingerprint density at radius 1 is 0.929 bits per heavy atom. The second-order valence-electron chi connectivity index (χ2n) is 11.3. The highest BCUT2D eigenvalue weighted by Gasteiger charge is 2.41. The normalized spacial score (nSPS) is 18.4. The van der Waals surface area contributed by atoms with Gasteiger partial charge in [0, 0.05) is 38.6 Å². The third-order valence-electron chi connectivity index (χ3n) is 8.13. The summed E-state index contributed by atoms with van der Waals surface area (Å²) in [5.74, 6) is 0.818. The highest BCUT2D eigenvalue weighted by atomic mass is 16.3. The lowest BCUT2D eigenvalue weighted by Crippen LogP contribution is -2.51. The number of guanidine groups is 1. The van der Waals surface area contributed by atoms with Gasteiger partial charge in [-0.25, -0.2) is 4.79 Å². The van der Waals surface area contributed by atoms with Gasteiger partial charge >= 0.3 is 6.03 Å². The van der Waals surface area contributed by atoms with E-state index in [0.29, 0.717) is 32.1 Å². The first kappa shape index (κ1) is 31.3. The van der Waals surface area contributed by atoms with E-state index in [0.717, 1.165) is 69.6 Å². The zero-order valence-corrected chi connectivity index (χ0v) is 25.0. The van der Waals surface area contributed by atoms with E-state index in [9.17, 15) is 14.7 Å². The quantitative estimate of drug-likeness (QED) is 0.216. The smallest absolute Gasteiger partial charge is 0.315 e. The first-order valence-electron chi connectivity index (χ1n) is 15.7. The molecule has 1 fully saturated rings. The number of aliphatic imine (C=N–C) groups is 1. The van der Waals surface area contributed by atoms with Crippen molar-refractivity contribution in [3.05, 3.63) is 71.8 Å². The van der Waals surface area contributed by atoms with E-state index in [-0.39, 0.29) is 24.6 Å². The molecule has 3 atom stereocenters. The number of carbonyl (C=O) groups excluding carboxylic acids is 2. The molecule has 42 heavy (non-hydrogen) atoms. The Labute approximate surface area is 250 Å². The molecule has 4 N–H and O–H groups in total. The SMILES string of the molecule is CCCCCCNC(=O)N[C@@H](Cc1ccccc1)C(=O)NCCC[C@H]1CN2C(=NC[C@@H]2Cc2ccccc2)N1CCO. The lowest BCUT2D eigenvalue weighted by Gasteiger charge is -2.24. The number of β-amino-alcohol motifs (C(OH)–C–C–N with tert-alkyl or cyclic N) is 1. The van der Waals surface area contributed by atoms with E-state index in [1.807, 2.05) is 36.4 Å². The Kier molecular flexibility index (Phi) is 12.5. The molecule has 0 unspecified atom stereocenters. The topological polar surface area (TPSA) is 109 Å². The number of urea groups is 1. The molecular weight excluding hydrogens is 528 g/mol. The van der Waals surface area contributed by atoms with Gasteiger partial charge < -0.3 is 30.9 Å². The fourth-order valence-corrected chi connectivity index (χ4v) is 5.91. The minimum absolute atomic E-state index is 0.0803. The molecule has 0 spiro atoms. The Balaban J connectivity index is 1.26. The van der Waals surface area contributed by atoms with E-state index < -0.39 is 6.04 Å². The summed E-state index contributed by atoms with van der Waals surface area (Å²) in [5.41, 5.74) is 2.31. The largest absolute Gasteiger partial charge is 0.395 e. The molecule has 2 aromatic carbocycles. The van der Waals surface area contributed by atoms with Gasteiger partial charge in [0.1, 0.15) is 6.04 Å². The molecule has 228 valence electrons. The summed E-state index contributed by atoms with van der Waals surface area (Å²) in [4.78, 5) is 35.3. The summed E-state index contributed by atoms with van der Waals surface area (Å²) in [7, 11) is 0. The fraction of sp³-hybridized carbons (Fsp3) is 0.545. The minimum Gasteiger partial charge on any atom is -0.395 e. The fourth-order valence-electron chi connectivity index (χ4n) is 5.91. The number of hydrogen-bond acceptors (Lipinski definition) is 6. The van der Waals surface area contributed by atoms with E-state index in [4.69, 9.17) is 4.99 Å². The molecule has 2 aliphatic heterocycles. The van der Waals surface area contributed by atoms with Gasteiger partial charge in [-0.05, 0) is 36.8 Å². The summed E-state index contributed by atoms with van der Waals surface area (Å²) in [6.07, 6.45) is 7.37. The van der Waals surface area contributed by atoms with Crippen molar-refractivity contribution >= 4 is 17.9 Å². The number of amides is 3. The third kappa shape index (κ3) is 9.21. The van der Waals surface area contributed by atoms with E-state index in [1.165, 1.54) is 5.56 Å². The number of unbranched alkanes of at least 4 members (excludes halogenated alkanes) is 3. The van der Waals surface area contributed by atoms with Crippen molar-refractivity contribution in [3.63, 3.8) is 0 Å². The van der Waals surface area contributed by atoms with Gasteiger partial charge in [0.15, 0.2) is 5.96 Å². The first-order chi connectivity index (χ1) is 20.6. The molecule has 9 heteroatoms. The molecule has 0 saturated carbocycles. The highest BCUT2D eigenvalue weighted by molar-refractivity contribution is 5.87. The zero-order valence-electron chi connectivity index (χ0n) is 25.0. The summed E-state index contributed by atoms with van der Waals surface area (Å²) in [5, 5.41) is 18.6. The molecule has 0 aromatic heterocycles. The van der Waals surface area contributed by atoms with Gasteiger partial charge in [0.2, 0.25) is 5.91 Å². The average Bonchev–Trinajstić information content (AvgIpc) is 3.55. The molecule has 0 bridgehead atoms. The molecule has 2 aromatic rings. The van der Waals surface area contributed by atoms with E-state index in [2.05, 4.69) is 56.9 Å². The van der Waals surface area contributed by atoms with Gasteiger partial charge in [-0.15, -0.1) is 0 Å². The van der Waals surface area contributed by atoms with Crippen LogP contribution < -0.4 is 16.0 Å². The van der Waals surface area contributed by atoms with Crippen LogP contribution in [0.1, 0.15) is 56.6 Å². The molecule has 9 nitrogen and oxygen atoms in total. The standard InChI is InChI=1S/C33H48N6O3/c1-2-3-4-11-18-35-32(42)37-30(23-27-15-9-6-10-16-27)31(41)34-19-12-17-28-25-39-29(22-26-13-7-5-8-14-26)24-36-33(39)38(28)20-21-40/h5-10,13-16,28-30,40H,2-4,11-12,17-25H2,1H3,(H,34,41)(H2,35,37,42)/t28-,29-,30-/m0/s1. The Morgan fingerprint density at radius 2 is 1.64 bits per heavy atom. The van der Waals surface area contributed by atoms with Crippen molar-refractivity contribution < 1.29 is 14.7 Å². The molecular formula is C33H48N6O3. The van der Waals surface area contributed by atoms with Crippen molar-refractivity contribution in [2.45, 2.75) is 76.4 Å². The summed E-state index contributed by atoms with van der Waals surface area (Å²) < 4.78 is 0. The number of fused-ring (bicyclic) bond motifs is 1. The predicted molar refractivity (Wildman–Crippen MR) is 167 cm³/mol. The molecule has 0 aliphatic carbocycles. The number of hydrogen-bond donors (Lipinski definition) is 4. The second kappa shape index (κ2) is 16.8.